The minimum Gasteiger partial charge on any atom is -0.446 e. The molecule has 0 aliphatic carbocycles. The average molecular weight is 404 g/mol. The smallest absolute Gasteiger partial charge is 0.269 e. The van der Waals surface area contributed by atoms with E-state index in [1.54, 1.807) is 12.1 Å². The third-order valence-corrected chi connectivity index (χ3v) is 4.98. The molecule has 1 aromatic heterocycles. The number of aromatic nitrogens is 1. The van der Waals surface area contributed by atoms with Crippen LogP contribution in [0.2, 0.25) is 0 Å². The second kappa shape index (κ2) is 7.47. The summed E-state index contributed by atoms with van der Waals surface area (Å²) in [5.41, 5.74) is 4.38. The summed E-state index contributed by atoms with van der Waals surface area (Å²) in [5.74, 6) is -0.0362. The molecule has 0 saturated carbocycles. The molecule has 8 heteroatoms. The number of benzene rings is 2. The molecule has 8 nitrogen and oxygen atoms in total. The molecule has 30 heavy (non-hydrogen) atoms. The van der Waals surface area contributed by atoms with Crippen LogP contribution in [0.4, 0.5) is 5.69 Å². The first kappa shape index (κ1) is 19.4. The third kappa shape index (κ3) is 3.43. The van der Waals surface area contributed by atoms with Crippen molar-refractivity contribution >= 4 is 17.5 Å². The van der Waals surface area contributed by atoms with E-state index in [-0.39, 0.29) is 17.5 Å². The van der Waals surface area contributed by atoms with Crippen molar-refractivity contribution in [2.24, 2.45) is 5.10 Å². The number of hydrogen-bond donors (Lipinski definition) is 0. The van der Waals surface area contributed by atoms with Gasteiger partial charge in [0.25, 0.3) is 5.69 Å². The molecule has 2 aromatic carbocycles. The minimum atomic E-state index is -0.856. The van der Waals surface area contributed by atoms with E-state index in [4.69, 9.17) is 4.74 Å². The van der Waals surface area contributed by atoms with Gasteiger partial charge in [-0.1, -0.05) is 12.1 Å². The fourth-order valence-corrected chi connectivity index (χ4v) is 3.52. The third-order valence-electron chi connectivity index (χ3n) is 4.98. The summed E-state index contributed by atoms with van der Waals surface area (Å²) >= 11 is 0. The number of hydrazone groups is 1. The Labute approximate surface area is 173 Å². The topological polar surface area (TPSA) is 90.0 Å². The second-order valence-corrected chi connectivity index (χ2v) is 7.09. The zero-order valence-electron chi connectivity index (χ0n) is 16.8. The van der Waals surface area contributed by atoms with Crippen LogP contribution in [0.25, 0.3) is 5.69 Å². The number of aryl methyl sites for hydroxylation is 2. The lowest BCUT2D eigenvalue weighted by atomic mass is 10.1. The zero-order valence-corrected chi connectivity index (χ0v) is 16.8. The van der Waals surface area contributed by atoms with Gasteiger partial charge >= 0.3 is 0 Å². The average Bonchev–Trinajstić information content (AvgIpc) is 3.32. The Morgan fingerprint density at radius 3 is 2.33 bits per heavy atom. The van der Waals surface area contributed by atoms with Crippen LogP contribution in [0.15, 0.2) is 65.8 Å². The van der Waals surface area contributed by atoms with Crippen molar-refractivity contribution in [3.63, 3.8) is 0 Å². The van der Waals surface area contributed by atoms with Crippen LogP contribution >= 0.6 is 0 Å². The molecule has 0 N–H and O–H groups in total. The maximum absolute atomic E-state index is 12.1. The standard InChI is InChI=1S/C22H20N4O4/c1-14-7-8-15(2)24(14)19-11-9-17(10-12-19)21-23-25(16(3)27)22(30-21)18-5-4-6-20(13-18)26(28)29/h4-13,22H,1-3H3. The highest BCUT2D eigenvalue weighted by atomic mass is 16.6. The number of nitro groups is 1. The number of nitrogens with zero attached hydrogens (tertiary/aromatic N) is 4. The van der Waals surface area contributed by atoms with E-state index < -0.39 is 11.2 Å². The molecular formula is C22H20N4O4. The monoisotopic (exact) mass is 404 g/mol. The van der Waals surface area contributed by atoms with Crippen molar-refractivity contribution in [1.29, 1.82) is 0 Å². The van der Waals surface area contributed by atoms with Gasteiger partial charge in [-0.15, -0.1) is 5.10 Å². The van der Waals surface area contributed by atoms with E-state index in [0.717, 1.165) is 17.1 Å². The molecular weight excluding hydrogens is 384 g/mol. The van der Waals surface area contributed by atoms with Gasteiger partial charge in [0.15, 0.2) is 0 Å². The Morgan fingerprint density at radius 1 is 1.07 bits per heavy atom. The molecule has 2 heterocycles. The fourth-order valence-electron chi connectivity index (χ4n) is 3.52. The lowest BCUT2D eigenvalue weighted by Gasteiger charge is -2.19. The number of rotatable bonds is 4. The highest BCUT2D eigenvalue weighted by molar-refractivity contribution is 5.96. The van der Waals surface area contributed by atoms with Crippen molar-refractivity contribution in [3.8, 4) is 5.69 Å². The van der Waals surface area contributed by atoms with Gasteiger partial charge in [0.1, 0.15) is 0 Å². The van der Waals surface area contributed by atoms with Crippen LogP contribution in [0.5, 0.6) is 0 Å². The molecule has 1 aliphatic heterocycles. The van der Waals surface area contributed by atoms with E-state index in [9.17, 15) is 14.9 Å². The van der Waals surface area contributed by atoms with E-state index in [1.165, 1.54) is 24.1 Å². The Bertz CT molecular complexity index is 1140. The SMILES string of the molecule is CC(=O)N1N=C(c2ccc(-n3c(C)ccc3C)cc2)OC1c1cccc([N+](=O)[O-])c1. The maximum atomic E-state index is 12.1. The molecule has 0 radical (unpaired) electrons. The van der Waals surface area contributed by atoms with Crippen molar-refractivity contribution in [2.75, 3.05) is 0 Å². The predicted octanol–water partition coefficient (Wildman–Crippen LogP) is 4.24. The van der Waals surface area contributed by atoms with Crippen LogP contribution in [-0.2, 0) is 9.53 Å². The molecule has 1 unspecified atom stereocenters. The van der Waals surface area contributed by atoms with Crippen LogP contribution in [0, 0.1) is 24.0 Å². The van der Waals surface area contributed by atoms with E-state index in [0.29, 0.717) is 11.1 Å². The van der Waals surface area contributed by atoms with Gasteiger partial charge in [-0.05, 0) is 50.2 Å². The van der Waals surface area contributed by atoms with Crippen LogP contribution < -0.4 is 0 Å². The number of ether oxygens (including phenoxy) is 1. The molecule has 152 valence electrons. The van der Waals surface area contributed by atoms with E-state index >= 15 is 0 Å². The summed E-state index contributed by atoms with van der Waals surface area (Å²) in [6, 6.07) is 17.8. The zero-order chi connectivity index (χ0) is 21.4. The number of nitro benzene ring substituents is 1. The normalized spacial score (nSPS) is 15.6. The fraction of sp³-hybridized carbons (Fsp3) is 0.182. The predicted molar refractivity (Wildman–Crippen MR) is 111 cm³/mol. The lowest BCUT2D eigenvalue weighted by molar-refractivity contribution is -0.385. The lowest BCUT2D eigenvalue weighted by Crippen LogP contribution is -2.25. The quantitative estimate of drug-likeness (QED) is 0.480. The number of carbonyl (C=O) groups is 1. The van der Waals surface area contributed by atoms with Crippen molar-refractivity contribution in [1.82, 2.24) is 9.58 Å². The Balaban J connectivity index is 1.64. The number of hydrogen-bond acceptors (Lipinski definition) is 5. The van der Waals surface area contributed by atoms with Crippen LogP contribution in [0.1, 0.15) is 35.7 Å². The molecule has 0 spiro atoms. The largest absolute Gasteiger partial charge is 0.446 e. The van der Waals surface area contributed by atoms with Crippen LogP contribution in [-0.4, -0.2) is 26.3 Å². The first-order chi connectivity index (χ1) is 14.3. The Kier molecular flexibility index (Phi) is 4.83. The highest BCUT2D eigenvalue weighted by Crippen LogP contribution is 2.32. The van der Waals surface area contributed by atoms with E-state index in [2.05, 4.69) is 21.8 Å². The number of non-ortho nitro benzene ring substituents is 1. The number of carbonyl (C=O) groups excluding carboxylic acids is 1. The first-order valence-electron chi connectivity index (χ1n) is 9.40. The Morgan fingerprint density at radius 2 is 1.73 bits per heavy atom. The molecule has 3 aromatic rings. The van der Waals surface area contributed by atoms with Gasteiger partial charge in [-0.2, -0.15) is 5.01 Å². The highest BCUT2D eigenvalue weighted by Gasteiger charge is 2.33. The number of amides is 1. The molecule has 4 rings (SSSR count). The molecule has 1 atom stereocenters. The van der Waals surface area contributed by atoms with Crippen molar-refractivity contribution in [2.45, 2.75) is 27.0 Å². The van der Waals surface area contributed by atoms with Gasteiger partial charge < -0.3 is 9.30 Å². The first-order valence-corrected chi connectivity index (χ1v) is 9.40. The van der Waals surface area contributed by atoms with Gasteiger partial charge in [-0.25, -0.2) is 0 Å². The van der Waals surface area contributed by atoms with Gasteiger partial charge in [0.2, 0.25) is 18.0 Å². The van der Waals surface area contributed by atoms with Gasteiger partial charge in [0.05, 0.1) is 4.92 Å². The summed E-state index contributed by atoms with van der Waals surface area (Å²) in [5, 5.41) is 16.6. The molecule has 0 saturated heterocycles. The Hall–Kier alpha value is -3.94. The molecule has 0 fully saturated rings. The summed E-state index contributed by atoms with van der Waals surface area (Å²) in [6.07, 6.45) is -0.856. The van der Waals surface area contributed by atoms with Gasteiger partial charge in [0, 0.05) is 47.3 Å². The van der Waals surface area contributed by atoms with Crippen molar-refractivity contribution < 1.29 is 14.5 Å². The summed E-state index contributed by atoms with van der Waals surface area (Å²) < 4.78 is 8.08. The summed E-state index contributed by atoms with van der Waals surface area (Å²) in [7, 11) is 0. The summed E-state index contributed by atoms with van der Waals surface area (Å²) in [4.78, 5) is 22.7. The second-order valence-electron chi connectivity index (χ2n) is 7.09. The maximum Gasteiger partial charge on any atom is 0.269 e. The minimum absolute atomic E-state index is 0.0742. The molecule has 0 bridgehead atoms. The molecule has 1 aliphatic rings. The van der Waals surface area contributed by atoms with Crippen molar-refractivity contribution in [3.05, 3.63) is 93.3 Å². The van der Waals surface area contributed by atoms with Gasteiger partial charge in [-0.3, -0.25) is 14.9 Å². The molecule has 1 amide bonds. The van der Waals surface area contributed by atoms with Crippen LogP contribution in [0.3, 0.4) is 0 Å². The summed E-state index contributed by atoms with van der Waals surface area (Å²) in [6.45, 7) is 5.46. The van der Waals surface area contributed by atoms with E-state index in [1.807, 2.05) is 38.1 Å².